The lowest BCUT2D eigenvalue weighted by atomic mass is 9.63. The standard InChI is InChI=1S/C26H40O2/c1-3-5-18-26(19-16-23(17-20-26)22-10-7-6-8-11-22)25(27)28-24-14-12-21(9-4-2)13-15-24/h12-15,22-23H,3-11,16-20H2,1-2H3/t23-,26+. The molecule has 28 heavy (non-hydrogen) atoms. The molecule has 0 spiro atoms. The molecule has 1 aromatic rings. The van der Waals surface area contributed by atoms with Gasteiger partial charge in [0.2, 0.25) is 0 Å². The third-order valence-corrected chi connectivity index (χ3v) is 7.42. The molecule has 0 heterocycles. The number of hydrogen-bond donors (Lipinski definition) is 0. The van der Waals surface area contributed by atoms with Crippen molar-refractivity contribution in [2.45, 2.75) is 104 Å². The van der Waals surface area contributed by atoms with Crippen LogP contribution >= 0.6 is 0 Å². The number of unbranched alkanes of at least 4 members (excludes halogenated alkanes) is 1. The molecule has 3 rings (SSSR count). The monoisotopic (exact) mass is 384 g/mol. The summed E-state index contributed by atoms with van der Waals surface area (Å²) in [6.45, 7) is 4.41. The van der Waals surface area contributed by atoms with E-state index in [2.05, 4.69) is 26.0 Å². The molecule has 2 nitrogen and oxygen atoms in total. The lowest BCUT2D eigenvalue weighted by Crippen LogP contribution is -2.40. The Kier molecular flexibility index (Phi) is 8.00. The number of ether oxygens (including phenoxy) is 1. The van der Waals surface area contributed by atoms with Gasteiger partial charge in [-0.1, -0.05) is 77.3 Å². The molecule has 1 aromatic carbocycles. The Morgan fingerprint density at radius 1 is 0.929 bits per heavy atom. The highest BCUT2D eigenvalue weighted by atomic mass is 16.5. The van der Waals surface area contributed by atoms with Gasteiger partial charge in [-0.2, -0.15) is 0 Å². The van der Waals surface area contributed by atoms with Crippen molar-refractivity contribution in [3.8, 4) is 5.75 Å². The second kappa shape index (κ2) is 10.5. The average Bonchev–Trinajstić information content (AvgIpc) is 2.75. The summed E-state index contributed by atoms with van der Waals surface area (Å²) in [6.07, 6.45) is 17.1. The van der Waals surface area contributed by atoms with E-state index in [-0.39, 0.29) is 11.4 Å². The van der Waals surface area contributed by atoms with E-state index >= 15 is 0 Å². The van der Waals surface area contributed by atoms with Crippen LogP contribution in [0.1, 0.15) is 103 Å². The van der Waals surface area contributed by atoms with E-state index in [0.29, 0.717) is 0 Å². The molecule has 0 N–H and O–H groups in total. The molecular weight excluding hydrogens is 344 g/mol. The second-order valence-electron chi connectivity index (χ2n) is 9.40. The minimum Gasteiger partial charge on any atom is -0.426 e. The van der Waals surface area contributed by atoms with Gasteiger partial charge >= 0.3 is 5.97 Å². The molecule has 0 bridgehead atoms. The van der Waals surface area contributed by atoms with E-state index in [0.717, 1.165) is 62.5 Å². The van der Waals surface area contributed by atoms with Gasteiger partial charge in [0, 0.05) is 0 Å². The van der Waals surface area contributed by atoms with E-state index in [1.165, 1.54) is 50.5 Å². The van der Waals surface area contributed by atoms with Gasteiger partial charge in [-0.3, -0.25) is 4.79 Å². The number of carbonyl (C=O) groups excluding carboxylic acids is 1. The maximum absolute atomic E-state index is 13.3. The maximum Gasteiger partial charge on any atom is 0.317 e. The van der Waals surface area contributed by atoms with Crippen LogP contribution in [0.25, 0.3) is 0 Å². The van der Waals surface area contributed by atoms with Gasteiger partial charge < -0.3 is 4.74 Å². The molecule has 2 aliphatic carbocycles. The first-order valence-electron chi connectivity index (χ1n) is 12.0. The molecule has 0 aliphatic heterocycles. The fourth-order valence-corrected chi connectivity index (χ4v) is 5.57. The number of aryl methyl sites for hydroxylation is 1. The molecule has 0 amide bonds. The van der Waals surface area contributed by atoms with Gasteiger partial charge in [-0.15, -0.1) is 0 Å². The van der Waals surface area contributed by atoms with Gasteiger partial charge in [0.05, 0.1) is 5.41 Å². The Morgan fingerprint density at radius 2 is 1.57 bits per heavy atom. The summed E-state index contributed by atoms with van der Waals surface area (Å²) >= 11 is 0. The van der Waals surface area contributed by atoms with E-state index in [1.807, 2.05) is 12.1 Å². The Labute approximate surface area is 172 Å². The molecule has 0 radical (unpaired) electrons. The molecule has 156 valence electrons. The summed E-state index contributed by atoms with van der Waals surface area (Å²) in [5, 5.41) is 0. The minimum atomic E-state index is -0.247. The summed E-state index contributed by atoms with van der Waals surface area (Å²) in [5.41, 5.74) is 1.07. The van der Waals surface area contributed by atoms with E-state index in [1.54, 1.807) is 0 Å². The zero-order valence-corrected chi connectivity index (χ0v) is 18.2. The van der Waals surface area contributed by atoms with Crippen LogP contribution < -0.4 is 4.74 Å². The van der Waals surface area contributed by atoms with Crippen LogP contribution in [0.15, 0.2) is 24.3 Å². The zero-order chi connectivity index (χ0) is 19.8. The van der Waals surface area contributed by atoms with Crippen molar-refractivity contribution in [2.24, 2.45) is 17.3 Å². The normalized spacial score (nSPS) is 26.1. The Bertz CT molecular complexity index is 589. The van der Waals surface area contributed by atoms with Crippen LogP contribution in [0.5, 0.6) is 5.75 Å². The SMILES string of the molecule is CCCC[C@]1(C(=O)Oc2ccc(CCC)cc2)CC[C@@H](C2CCCCC2)CC1. The summed E-state index contributed by atoms with van der Waals surface area (Å²) < 4.78 is 5.93. The van der Waals surface area contributed by atoms with Crippen LogP contribution in [0.3, 0.4) is 0 Å². The lowest BCUT2D eigenvalue weighted by molar-refractivity contribution is -0.149. The molecule has 0 saturated heterocycles. The van der Waals surface area contributed by atoms with Crippen molar-refractivity contribution >= 4 is 5.97 Å². The Morgan fingerprint density at radius 3 is 2.18 bits per heavy atom. The van der Waals surface area contributed by atoms with Crippen molar-refractivity contribution in [3.63, 3.8) is 0 Å². The largest absolute Gasteiger partial charge is 0.426 e. The van der Waals surface area contributed by atoms with E-state index < -0.39 is 0 Å². The highest BCUT2D eigenvalue weighted by molar-refractivity contribution is 5.79. The number of benzene rings is 1. The van der Waals surface area contributed by atoms with Crippen molar-refractivity contribution in [3.05, 3.63) is 29.8 Å². The van der Waals surface area contributed by atoms with E-state index in [4.69, 9.17) is 4.74 Å². The quantitative estimate of drug-likeness (QED) is 0.343. The van der Waals surface area contributed by atoms with Gasteiger partial charge in [0.25, 0.3) is 0 Å². The van der Waals surface area contributed by atoms with Crippen molar-refractivity contribution in [2.75, 3.05) is 0 Å². The lowest BCUT2D eigenvalue weighted by Gasteiger charge is -2.41. The Hall–Kier alpha value is -1.31. The van der Waals surface area contributed by atoms with Crippen molar-refractivity contribution < 1.29 is 9.53 Å². The van der Waals surface area contributed by atoms with Crippen molar-refractivity contribution in [1.29, 1.82) is 0 Å². The Balaban J connectivity index is 1.62. The van der Waals surface area contributed by atoms with Crippen molar-refractivity contribution in [1.82, 2.24) is 0 Å². The van der Waals surface area contributed by atoms with Gasteiger partial charge in [0.15, 0.2) is 0 Å². The number of esters is 1. The van der Waals surface area contributed by atoms with Crippen LogP contribution in [0.2, 0.25) is 0 Å². The average molecular weight is 385 g/mol. The molecule has 2 heteroatoms. The zero-order valence-electron chi connectivity index (χ0n) is 18.2. The van der Waals surface area contributed by atoms with Crippen LogP contribution in [-0.4, -0.2) is 5.97 Å². The third-order valence-electron chi connectivity index (χ3n) is 7.42. The van der Waals surface area contributed by atoms with Crippen LogP contribution in [0, 0.1) is 17.3 Å². The highest BCUT2D eigenvalue weighted by Gasteiger charge is 2.44. The molecule has 2 saturated carbocycles. The number of carbonyl (C=O) groups is 1. The molecule has 0 unspecified atom stereocenters. The first kappa shape index (κ1) is 21.4. The summed E-state index contributed by atoms with van der Waals surface area (Å²) in [4.78, 5) is 13.3. The predicted molar refractivity (Wildman–Crippen MR) is 117 cm³/mol. The highest BCUT2D eigenvalue weighted by Crippen LogP contribution is 2.48. The summed E-state index contributed by atoms with van der Waals surface area (Å²) in [7, 11) is 0. The number of hydrogen-bond acceptors (Lipinski definition) is 2. The van der Waals surface area contributed by atoms with Gasteiger partial charge in [0.1, 0.15) is 5.75 Å². The molecule has 2 fully saturated rings. The fourth-order valence-electron chi connectivity index (χ4n) is 5.57. The molecule has 0 atom stereocenters. The number of rotatable bonds is 8. The maximum atomic E-state index is 13.3. The molecular formula is C26H40O2. The van der Waals surface area contributed by atoms with Gasteiger partial charge in [-0.25, -0.2) is 0 Å². The summed E-state index contributed by atoms with van der Waals surface area (Å²) in [5.74, 6) is 2.51. The van der Waals surface area contributed by atoms with Crippen LogP contribution in [-0.2, 0) is 11.2 Å². The second-order valence-corrected chi connectivity index (χ2v) is 9.40. The predicted octanol–water partition coefficient (Wildman–Crippen LogP) is 7.49. The first-order chi connectivity index (χ1) is 13.7. The topological polar surface area (TPSA) is 26.3 Å². The fraction of sp³-hybridized carbons (Fsp3) is 0.731. The molecule has 0 aromatic heterocycles. The first-order valence-corrected chi connectivity index (χ1v) is 12.0. The third kappa shape index (κ3) is 5.39. The van der Waals surface area contributed by atoms with E-state index in [9.17, 15) is 4.79 Å². The summed E-state index contributed by atoms with van der Waals surface area (Å²) in [6, 6.07) is 8.16. The smallest absolute Gasteiger partial charge is 0.317 e. The minimum absolute atomic E-state index is 0.0336. The van der Waals surface area contributed by atoms with Crippen LogP contribution in [0.4, 0.5) is 0 Å². The van der Waals surface area contributed by atoms with Gasteiger partial charge in [-0.05, 0) is 68.1 Å². The molecule has 2 aliphatic rings.